The second-order valence-electron chi connectivity index (χ2n) is 6.20. The number of nitrogens with two attached hydrogens (primary N) is 2. The van der Waals surface area contributed by atoms with Crippen molar-refractivity contribution in [3.05, 3.63) is 4.88 Å². The molecular formula is C14H23N5OS. The van der Waals surface area contributed by atoms with E-state index in [-0.39, 0.29) is 18.0 Å². The summed E-state index contributed by atoms with van der Waals surface area (Å²) in [6, 6.07) is 0.453. The molecule has 0 radical (unpaired) electrons. The first-order chi connectivity index (χ1) is 9.97. The number of amides is 1. The predicted molar refractivity (Wildman–Crippen MR) is 85.6 cm³/mol. The highest BCUT2D eigenvalue weighted by Gasteiger charge is 2.34. The van der Waals surface area contributed by atoms with Crippen molar-refractivity contribution in [2.24, 2.45) is 11.7 Å². The fourth-order valence-electron chi connectivity index (χ4n) is 2.81. The van der Waals surface area contributed by atoms with Crippen molar-refractivity contribution in [2.45, 2.75) is 38.3 Å². The van der Waals surface area contributed by atoms with Gasteiger partial charge in [0.1, 0.15) is 10.7 Å². The molecule has 116 valence electrons. The van der Waals surface area contributed by atoms with E-state index in [9.17, 15) is 4.79 Å². The van der Waals surface area contributed by atoms with Gasteiger partial charge in [0.15, 0.2) is 5.13 Å². The molecule has 2 heterocycles. The molecule has 1 aliphatic heterocycles. The number of hydrogen-bond acceptors (Lipinski definition) is 6. The molecule has 1 aromatic heterocycles. The molecule has 3 rings (SSSR count). The number of aromatic nitrogens is 1. The van der Waals surface area contributed by atoms with E-state index in [1.807, 2.05) is 7.05 Å². The summed E-state index contributed by atoms with van der Waals surface area (Å²) in [6.45, 7) is 3.78. The maximum absolute atomic E-state index is 12.6. The molecule has 7 heteroatoms. The fourth-order valence-corrected chi connectivity index (χ4v) is 3.81. The number of thiazole rings is 1. The Hall–Kier alpha value is -1.34. The van der Waals surface area contributed by atoms with Gasteiger partial charge in [0, 0.05) is 32.2 Å². The van der Waals surface area contributed by atoms with Crippen molar-refractivity contribution in [1.29, 1.82) is 0 Å². The van der Waals surface area contributed by atoms with E-state index < -0.39 is 0 Å². The van der Waals surface area contributed by atoms with Crippen LogP contribution in [-0.4, -0.2) is 48.0 Å². The fraction of sp³-hybridized carbons (Fsp3) is 0.714. The number of rotatable bonds is 4. The summed E-state index contributed by atoms with van der Waals surface area (Å²) in [6.07, 6.45) is 3.39. The minimum atomic E-state index is -0.0147. The van der Waals surface area contributed by atoms with Crippen LogP contribution in [0.1, 0.15) is 35.9 Å². The lowest BCUT2D eigenvalue weighted by Crippen LogP contribution is -2.36. The normalized spacial score (nSPS) is 23.4. The van der Waals surface area contributed by atoms with Crippen LogP contribution in [0.4, 0.5) is 10.9 Å². The molecule has 0 bridgehead atoms. The van der Waals surface area contributed by atoms with Crippen molar-refractivity contribution in [2.75, 3.05) is 30.8 Å². The van der Waals surface area contributed by atoms with E-state index in [1.54, 1.807) is 4.90 Å². The van der Waals surface area contributed by atoms with Gasteiger partial charge in [-0.3, -0.25) is 4.79 Å². The van der Waals surface area contributed by atoms with Crippen LogP contribution in [0.5, 0.6) is 0 Å². The molecule has 1 aliphatic carbocycles. The van der Waals surface area contributed by atoms with E-state index in [0.717, 1.165) is 24.6 Å². The Kier molecular flexibility index (Phi) is 3.79. The first-order valence-corrected chi connectivity index (χ1v) is 8.33. The lowest BCUT2D eigenvalue weighted by atomic mass is 10.2. The summed E-state index contributed by atoms with van der Waals surface area (Å²) >= 11 is 1.39. The van der Waals surface area contributed by atoms with Crippen LogP contribution in [-0.2, 0) is 0 Å². The van der Waals surface area contributed by atoms with E-state index >= 15 is 0 Å². The number of carbonyl (C=O) groups is 1. The Morgan fingerprint density at radius 2 is 2.19 bits per heavy atom. The van der Waals surface area contributed by atoms with Crippen LogP contribution in [0.25, 0.3) is 0 Å². The van der Waals surface area contributed by atoms with Gasteiger partial charge in [0.2, 0.25) is 0 Å². The zero-order chi connectivity index (χ0) is 15.1. The van der Waals surface area contributed by atoms with Crippen LogP contribution in [0.15, 0.2) is 0 Å². The molecule has 1 saturated heterocycles. The molecule has 0 aromatic carbocycles. The molecule has 1 saturated carbocycles. The summed E-state index contributed by atoms with van der Waals surface area (Å²) < 4.78 is 0. The number of anilines is 2. The van der Waals surface area contributed by atoms with Crippen LogP contribution < -0.4 is 16.4 Å². The van der Waals surface area contributed by atoms with Gasteiger partial charge in [-0.2, -0.15) is 0 Å². The number of nitrogen functional groups attached to an aromatic ring is 1. The highest BCUT2D eigenvalue weighted by Crippen LogP contribution is 2.36. The first kappa shape index (κ1) is 14.6. The lowest BCUT2D eigenvalue weighted by molar-refractivity contribution is 0.0733. The topological polar surface area (TPSA) is 88.5 Å². The molecule has 2 aliphatic rings. The molecule has 6 nitrogen and oxygen atoms in total. The molecule has 1 amide bonds. The quantitative estimate of drug-likeness (QED) is 0.870. The standard InChI is InChI=1S/C14H23N5OS/c1-8(9-3-4-9)18(2)13(20)11-12(16)17-14(21-11)19-6-5-10(15)7-19/h8-10H,3-7,15-16H2,1-2H3. The smallest absolute Gasteiger partial charge is 0.267 e. The average molecular weight is 309 g/mol. The number of hydrogen-bond donors (Lipinski definition) is 2. The van der Waals surface area contributed by atoms with E-state index in [1.165, 1.54) is 24.2 Å². The highest BCUT2D eigenvalue weighted by atomic mass is 32.1. The summed E-state index contributed by atoms with van der Waals surface area (Å²) in [5.41, 5.74) is 11.9. The summed E-state index contributed by atoms with van der Waals surface area (Å²) in [5.74, 6) is 0.971. The van der Waals surface area contributed by atoms with Crippen molar-refractivity contribution in [1.82, 2.24) is 9.88 Å². The zero-order valence-electron chi connectivity index (χ0n) is 12.6. The van der Waals surface area contributed by atoms with Crippen LogP contribution in [0.2, 0.25) is 0 Å². The maximum Gasteiger partial charge on any atom is 0.267 e. The minimum Gasteiger partial charge on any atom is -0.382 e. The lowest BCUT2D eigenvalue weighted by Gasteiger charge is -2.24. The SMILES string of the molecule is CC(C1CC1)N(C)C(=O)c1sc(N2CCC(N)C2)nc1N. The van der Waals surface area contributed by atoms with Crippen LogP contribution in [0.3, 0.4) is 0 Å². The van der Waals surface area contributed by atoms with Gasteiger partial charge in [-0.25, -0.2) is 4.98 Å². The third kappa shape index (κ3) is 2.85. The summed E-state index contributed by atoms with van der Waals surface area (Å²) in [5, 5.41) is 0.816. The monoisotopic (exact) mass is 309 g/mol. The van der Waals surface area contributed by atoms with E-state index in [0.29, 0.717) is 16.6 Å². The minimum absolute atomic E-state index is 0.0147. The van der Waals surface area contributed by atoms with Gasteiger partial charge in [-0.05, 0) is 32.1 Å². The van der Waals surface area contributed by atoms with Crippen molar-refractivity contribution < 1.29 is 4.79 Å². The third-order valence-electron chi connectivity index (χ3n) is 4.57. The maximum atomic E-state index is 12.6. The zero-order valence-corrected chi connectivity index (χ0v) is 13.4. The summed E-state index contributed by atoms with van der Waals surface area (Å²) in [7, 11) is 1.86. The van der Waals surface area contributed by atoms with Gasteiger partial charge < -0.3 is 21.3 Å². The molecule has 2 fully saturated rings. The molecule has 4 N–H and O–H groups in total. The molecule has 2 atom stereocenters. The van der Waals surface area contributed by atoms with Crippen molar-refractivity contribution in [3.8, 4) is 0 Å². The molecule has 1 aromatic rings. The van der Waals surface area contributed by atoms with E-state index in [2.05, 4.69) is 16.8 Å². The van der Waals surface area contributed by atoms with E-state index in [4.69, 9.17) is 11.5 Å². The van der Waals surface area contributed by atoms with Crippen molar-refractivity contribution in [3.63, 3.8) is 0 Å². The Balaban J connectivity index is 1.75. The average Bonchev–Trinajstić information content (AvgIpc) is 3.11. The molecular weight excluding hydrogens is 286 g/mol. The van der Waals surface area contributed by atoms with Gasteiger partial charge in [0.05, 0.1) is 0 Å². The first-order valence-electron chi connectivity index (χ1n) is 7.51. The predicted octanol–water partition coefficient (Wildman–Crippen LogP) is 1.13. The Bertz CT molecular complexity index is 541. The van der Waals surface area contributed by atoms with Gasteiger partial charge in [-0.15, -0.1) is 0 Å². The van der Waals surface area contributed by atoms with Crippen LogP contribution >= 0.6 is 11.3 Å². The second-order valence-corrected chi connectivity index (χ2v) is 7.18. The van der Waals surface area contributed by atoms with Gasteiger partial charge >= 0.3 is 0 Å². The summed E-state index contributed by atoms with van der Waals surface area (Å²) in [4.78, 5) is 21.5. The van der Waals surface area contributed by atoms with Crippen molar-refractivity contribution >= 4 is 28.2 Å². The highest BCUT2D eigenvalue weighted by molar-refractivity contribution is 7.18. The van der Waals surface area contributed by atoms with Gasteiger partial charge in [-0.1, -0.05) is 11.3 Å². The van der Waals surface area contributed by atoms with Crippen LogP contribution in [0, 0.1) is 5.92 Å². The van der Waals surface area contributed by atoms with Gasteiger partial charge in [0.25, 0.3) is 5.91 Å². The molecule has 2 unspecified atom stereocenters. The Morgan fingerprint density at radius 3 is 2.76 bits per heavy atom. The second kappa shape index (κ2) is 5.46. The molecule has 0 spiro atoms. The molecule has 21 heavy (non-hydrogen) atoms. The third-order valence-corrected chi connectivity index (χ3v) is 5.69. The largest absolute Gasteiger partial charge is 0.382 e. The number of nitrogens with zero attached hydrogens (tertiary/aromatic N) is 3. The number of carbonyl (C=O) groups excluding carboxylic acids is 1. The Labute approximate surface area is 129 Å². The Morgan fingerprint density at radius 1 is 1.48 bits per heavy atom.